The molecule has 0 aliphatic rings. The van der Waals surface area contributed by atoms with Crippen molar-refractivity contribution in [3.63, 3.8) is 0 Å². The Hall–Kier alpha value is -1.84. The molecule has 104 valence electrons. The minimum atomic E-state index is -0.221. The first kappa shape index (κ1) is 15.2. The van der Waals surface area contributed by atoms with Gasteiger partial charge in [0.25, 0.3) is 5.91 Å². The molecule has 2 N–H and O–H groups in total. The smallest absolute Gasteiger partial charge is 0.251 e. The Morgan fingerprint density at radius 1 is 1.00 bits per heavy atom. The van der Waals surface area contributed by atoms with E-state index >= 15 is 0 Å². The van der Waals surface area contributed by atoms with Gasteiger partial charge in [-0.2, -0.15) is 0 Å². The van der Waals surface area contributed by atoms with Crippen LogP contribution in [-0.2, 0) is 4.79 Å². The molecule has 0 aliphatic heterocycles. The number of amides is 2. The zero-order chi connectivity index (χ0) is 13.9. The SMILES string of the molecule is CCCCCCNC(=O)CNC(=O)c1ccccc1. The maximum absolute atomic E-state index is 11.7. The number of nitrogens with one attached hydrogen (secondary N) is 2. The monoisotopic (exact) mass is 262 g/mol. The van der Waals surface area contributed by atoms with Gasteiger partial charge in [-0.25, -0.2) is 0 Å². The molecule has 0 aliphatic carbocycles. The van der Waals surface area contributed by atoms with Crippen molar-refractivity contribution in [1.82, 2.24) is 10.6 Å². The number of carbonyl (C=O) groups is 2. The molecular formula is C15H22N2O2. The van der Waals surface area contributed by atoms with E-state index in [0.717, 1.165) is 12.8 Å². The van der Waals surface area contributed by atoms with Gasteiger partial charge in [-0.3, -0.25) is 9.59 Å². The molecule has 1 rings (SSSR count). The summed E-state index contributed by atoms with van der Waals surface area (Å²) in [6.07, 6.45) is 4.50. The molecule has 0 unspecified atom stereocenters. The summed E-state index contributed by atoms with van der Waals surface area (Å²) in [5, 5.41) is 5.39. The molecule has 0 bridgehead atoms. The molecule has 0 radical (unpaired) electrons. The second kappa shape index (κ2) is 9.14. The summed E-state index contributed by atoms with van der Waals surface area (Å²) in [6, 6.07) is 8.88. The minimum Gasteiger partial charge on any atom is -0.355 e. The summed E-state index contributed by atoms with van der Waals surface area (Å²) in [5.74, 6) is -0.359. The third kappa shape index (κ3) is 6.60. The number of unbranched alkanes of at least 4 members (excludes halogenated alkanes) is 3. The van der Waals surface area contributed by atoms with Crippen molar-refractivity contribution in [2.45, 2.75) is 32.6 Å². The molecule has 0 heterocycles. The molecule has 4 heteroatoms. The molecule has 0 aromatic heterocycles. The van der Waals surface area contributed by atoms with E-state index in [1.807, 2.05) is 6.07 Å². The number of hydrogen-bond acceptors (Lipinski definition) is 2. The molecule has 0 spiro atoms. The van der Waals surface area contributed by atoms with Crippen molar-refractivity contribution < 1.29 is 9.59 Å². The Morgan fingerprint density at radius 2 is 1.74 bits per heavy atom. The van der Waals surface area contributed by atoms with Crippen LogP contribution >= 0.6 is 0 Å². The number of rotatable bonds is 8. The van der Waals surface area contributed by atoms with Gasteiger partial charge in [-0.05, 0) is 18.6 Å². The lowest BCUT2D eigenvalue weighted by Crippen LogP contribution is -2.37. The Bertz CT molecular complexity index is 390. The maximum atomic E-state index is 11.7. The van der Waals surface area contributed by atoms with Crippen LogP contribution in [0.3, 0.4) is 0 Å². The predicted octanol–water partition coefficient (Wildman–Crippen LogP) is 2.11. The second-order valence-electron chi connectivity index (χ2n) is 4.46. The Kier molecular flexibility index (Phi) is 7.32. The standard InChI is InChI=1S/C15H22N2O2/c1-2-3-4-8-11-16-14(18)12-17-15(19)13-9-6-5-7-10-13/h5-7,9-10H,2-4,8,11-12H2,1H3,(H,16,18)(H,17,19). The minimum absolute atomic E-state index is 0.0293. The summed E-state index contributed by atoms with van der Waals surface area (Å²) in [7, 11) is 0. The third-order valence-electron chi connectivity index (χ3n) is 2.80. The van der Waals surface area contributed by atoms with Gasteiger partial charge in [-0.1, -0.05) is 44.4 Å². The quantitative estimate of drug-likeness (QED) is 0.705. The molecule has 0 fully saturated rings. The fourth-order valence-corrected chi connectivity index (χ4v) is 1.69. The topological polar surface area (TPSA) is 58.2 Å². The molecule has 0 saturated heterocycles. The van der Waals surface area contributed by atoms with Crippen molar-refractivity contribution >= 4 is 11.8 Å². The van der Waals surface area contributed by atoms with E-state index in [1.165, 1.54) is 12.8 Å². The summed E-state index contributed by atoms with van der Waals surface area (Å²) >= 11 is 0. The van der Waals surface area contributed by atoms with Crippen molar-refractivity contribution in [3.05, 3.63) is 35.9 Å². The van der Waals surface area contributed by atoms with Crippen LogP contribution in [0.1, 0.15) is 43.0 Å². The van der Waals surface area contributed by atoms with E-state index in [9.17, 15) is 9.59 Å². The van der Waals surface area contributed by atoms with E-state index < -0.39 is 0 Å². The van der Waals surface area contributed by atoms with Gasteiger partial charge in [-0.15, -0.1) is 0 Å². The van der Waals surface area contributed by atoms with Gasteiger partial charge in [0.2, 0.25) is 5.91 Å². The number of hydrogen-bond donors (Lipinski definition) is 2. The molecule has 1 aromatic rings. The first-order valence-electron chi connectivity index (χ1n) is 6.84. The number of carbonyl (C=O) groups excluding carboxylic acids is 2. The lowest BCUT2D eigenvalue weighted by Gasteiger charge is -2.06. The Balaban J connectivity index is 2.15. The molecular weight excluding hydrogens is 240 g/mol. The Morgan fingerprint density at radius 3 is 2.42 bits per heavy atom. The number of benzene rings is 1. The molecule has 2 amide bonds. The van der Waals surface area contributed by atoms with Crippen molar-refractivity contribution in [1.29, 1.82) is 0 Å². The third-order valence-corrected chi connectivity index (χ3v) is 2.80. The predicted molar refractivity (Wildman–Crippen MR) is 75.9 cm³/mol. The van der Waals surface area contributed by atoms with Gasteiger partial charge >= 0.3 is 0 Å². The van der Waals surface area contributed by atoms with Crippen LogP contribution < -0.4 is 10.6 Å². The van der Waals surface area contributed by atoms with E-state index in [0.29, 0.717) is 12.1 Å². The highest BCUT2D eigenvalue weighted by Crippen LogP contribution is 1.98. The van der Waals surface area contributed by atoms with E-state index in [2.05, 4.69) is 17.6 Å². The van der Waals surface area contributed by atoms with Crippen LogP contribution in [0.25, 0.3) is 0 Å². The van der Waals surface area contributed by atoms with Gasteiger partial charge in [0.1, 0.15) is 0 Å². The van der Waals surface area contributed by atoms with Crippen molar-refractivity contribution in [2.24, 2.45) is 0 Å². The average Bonchev–Trinajstić information content (AvgIpc) is 2.45. The van der Waals surface area contributed by atoms with E-state index in [1.54, 1.807) is 24.3 Å². The fraction of sp³-hybridized carbons (Fsp3) is 0.467. The van der Waals surface area contributed by atoms with Crippen LogP contribution in [0.5, 0.6) is 0 Å². The molecule has 0 atom stereocenters. The fourth-order valence-electron chi connectivity index (χ4n) is 1.69. The van der Waals surface area contributed by atoms with Crippen LogP contribution in [0.15, 0.2) is 30.3 Å². The lowest BCUT2D eigenvalue weighted by atomic mass is 10.2. The first-order valence-corrected chi connectivity index (χ1v) is 6.84. The molecule has 0 saturated carbocycles. The molecule has 4 nitrogen and oxygen atoms in total. The summed E-state index contributed by atoms with van der Waals surface area (Å²) in [6.45, 7) is 2.86. The summed E-state index contributed by atoms with van der Waals surface area (Å²) < 4.78 is 0. The van der Waals surface area contributed by atoms with Gasteiger partial charge < -0.3 is 10.6 Å². The van der Waals surface area contributed by atoms with Crippen LogP contribution in [0.4, 0.5) is 0 Å². The molecule has 1 aromatic carbocycles. The van der Waals surface area contributed by atoms with Crippen LogP contribution in [-0.4, -0.2) is 24.9 Å². The van der Waals surface area contributed by atoms with Gasteiger partial charge in [0, 0.05) is 12.1 Å². The zero-order valence-electron chi connectivity index (χ0n) is 11.4. The van der Waals surface area contributed by atoms with Crippen molar-refractivity contribution in [3.8, 4) is 0 Å². The van der Waals surface area contributed by atoms with E-state index in [4.69, 9.17) is 0 Å². The van der Waals surface area contributed by atoms with Gasteiger partial charge in [0.05, 0.1) is 6.54 Å². The second-order valence-corrected chi connectivity index (χ2v) is 4.46. The highest BCUT2D eigenvalue weighted by Gasteiger charge is 2.06. The average molecular weight is 262 g/mol. The first-order chi connectivity index (χ1) is 9.24. The highest BCUT2D eigenvalue weighted by molar-refractivity contribution is 5.96. The van der Waals surface area contributed by atoms with Crippen LogP contribution in [0, 0.1) is 0 Å². The lowest BCUT2D eigenvalue weighted by molar-refractivity contribution is -0.120. The summed E-state index contributed by atoms with van der Waals surface area (Å²) in [5.41, 5.74) is 0.568. The molecule has 19 heavy (non-hydrogen) atoms. The zero-order valence-corrected chi connectivity index (χ0v) is 11.4. The van der Waals surface area contributed by atoms with Gasteiger partial charge in [0.15, 0.2) is 0 Å². The maximum Gasteiger partial charge on any atom is 0.251 e. The van der Waals surface area contributed by atoms with E-state index in [-0.39, 0.29) is 18.4 Å². The summed E-state index contributed by atoms with van der Waals surface area (Å²) in [4.78, 5) is 23.2. The largest absolute Gasteiger partial charge is 0.355 e. The van der Waals surface area contributed by atoms with Crippen LogP contribution in [0.2, 0.25) is 0 Å². The normalized spacial score (nSPS) is 9.95. The van der Waals surface area contributed by atoms with Crippen molar-refractivity contribution in [2.75, 3.05) is 13.1 Å². The highest BCUT2D eigenvalue weighted by atomic mass is 16.2. The Labute approximate surface area is 114 Å².